The highest BCUT2D eigenvalue weighted by Gasteiger charge is 2.55. The highest BCUT2D eigenvalue weighted by atomic mass is 16.5. The summed E-state index contributed by atoms with van der Waals surface area (Å²) in [5.41, 5.74) is -0.980. The van der Waals surface area contributed by atoms with Crippen LogP contribution in [0, 0.1) is 0 Å². The summed E-state index contributed by atoms with van der Waals surface area (Å²) in [6.07, 6.45) is 5.55. The molecule has 2 unspecified atom stereocenters. The first-order valence-corrected chi connectivity index (χ1v) is 7.72. The minimum Gasteiger partial charge on any atom is -0.379 e. The molecule has 3 rings (SSSR count). The van der Waals surface area contributed by atoms with Gasteiger partial charge in [0.2, 0.25) is 11.8 Å². The third-order valence-corrected chi connectivity index (χ3v) is 5.24. The molecule has 5 nitrogen and oxygen atoms in total. The molecule has 2 heterocycles. The molecule has 0 radical (unpaired) electrons. The van der Waals surface area contributed by atoms with Gasteiger partial charge in [-0.2, -0.15) is 0 Å². The Hall–Kier alpha value is -1.10. The third kappa shape index (κ3) is 1.94. The van der Waals surface area contributed by atoms with Gasteiger partial charge in [0.05, 0.1) is 12.1 Å². The van der Waals surface area contributed by atoms with E-state index in [1.165, 1.54) is 0 Å². The van der Waals surface area contributed by atoms with E-state index < -0.39 is 11.6 Å². The summed E-state index contributed by atoms with van der Waals surface area (Å²) in [4.78, 5) is 27.3. The number of nitrogens with zero attached hydrogens (tertiary/aromatic N) is 1. The van der Waals surface area contributed by atoms with Crippen LogP contribution in [0.4, 0.5) is 0 Å². The van der Waals surface area contributed by atoms with Gasteiger partial charge in [-0.1, -0.05) is 19.3 Å². The Morgan fingerprint density at radius 1 is 1.20 bits per heavy atom. The molecule has 2 aliphatic heterocycles. The van der Waals surface area contributed by atoms with Gasteiger partial charge in [0.25, 0.3) is 0 Å². The average molecular weight is 280 g/mol. The van der Waals surface area contributed by atoms with Crippen molar-refractivity contribution in [2.75, 3.05) is 13.2 Å². The molecule has 2 atom stereocenters. The second-order valence-electron chi connectivity index (χ2n) is 6.78. The maximum atomic E-state index is 13.1. The summed E-state index contributed by atoms with van der Waals surface area (Å²) >= 11 is 0. The number of ether oxygens (including phenoxy) is 1. The fourth-order valence-electron chi connectivity index (χ4n) is 3.97. The van der Waals surface area contributed by atoms with Crippen LogP contribution in [0.2, 0.25) is 0 Å². The molecule has 112 valence electrons. The molecular weight excluding hydrogens is 256 g/mol. The zero-order chi connectivity index (χ0) is 14.4. The lowest BCUT2D eigenvalue weighted by Crippen LogP contribution is -2.74. The Morgan fingerprint density at radius 2 is 1.90 bits per heavy atom. The smallest absolute Gasteiger partial charge is 0.249 e. The third-order valence-electron chi connectivity index (χ3n) is 5.24. The van der Waals surface area contributed by atoms with E-state index in [4.69, 9.17) is 4.74 Å². The van der Waals surface area contributed by atoms with Crippen molar-refractivity contribution in [2.24, 2.45) is 0 Å². The first-order chi connectivity index (χ1) is 9.49. The minimum atomic E-state index is -0.645. The van der Waals surface area contributed by atoms with Crippen LogP contribution in [-0.2, 0) is 14.3 Å². The number of carbonyl (C=O) groups is 2. The van der Waals surface area contributed by atoms with Gasteiger partial charge in [-0.3, -0.25) is 9.59 Å². The van der Waals surface area contributed by atoms with Gasteiger partial charge in [0.1, 0.15) is 11.6 Å². The van der Waals surface area contributed by atoms with Crippen molar-refractivity contribution in [2.45, 2.75) is 69.5 Å². The predicted molar refractivity (Wildman–Crippen MR) is 74.1 cm³/mol. The lowest BCUT2D eigenvalue weighted by Gasteiger charge is -2.52. The summed E-state index contributed by atoms with van der Waals surface area (Å²) in [5.74, 6) is 0.0944. The van der Waals surface area contributed by atoms with E-state index in [0.717, 1.165) is 38.5 Å². The molecule has 5 heteroatoms. The molecular formula is C15H24N2O3. The first kappa shape index (κ1) is 13.9. The standard InChI is InChI=1S/C15H24N2O3/c1-11-12(18)16-15(6-4-3-5-7-15)13(19)17(11)14(2)8-9-20-10-14/h11H,3-10H2,1-2H3,(H,16,18). The SMILES string of the molecule is CC1C(=O)NC2(CCCCC2)C(=O)N1C1(C)CCOC1. The molecule has 1 spiro atoms. The zero-order valence-corrected chi connectivity index (χ0v) is 12.4. The molecule has 0 bridgehead atoms. The number of amides is 2. The molecule has 1 aliphatic carbocycles. The van der Waals surface area contributed by atoms with Crippen molar-refractivity contribution < 1.29 is 14.3 Å². The molecule has 1 N–H and O–H groups in total. The van der Waals surface area contributed by atoms with E-state index in [2.05, 4.69) is 5.32 Å². The van der Waals surface area contributed by atoms with Crippen LogP contribution >= 0.6 is 0 Å². The van der Waals surface area contributed by atoms with Gasteiger partial charge < -0.3 is 15.0 Å². The fourth-order valence-corrected chi connectivity index (χ4v) is 3.97. The summed E-state index contributed by atoms with van der Waals surface area (Å²) < 4.78 is 5.50. The largest absolute Gasteiger partial charge is 0.379 e. The van der Waals surface area contributed by atoms with E-state index in [1.54, 1.807) is 0 Å². The second-order valence-corrected chi connectivity index (χ2v) is 6.78. The Labute approximate surface area is 120 Å². The van der Waals surface area contributed by atoms with Crippen LogP contribution in [0.3, 0.4) is 0 Å². The van der Waals surface area contributed by atoms with Crippen molar-refractivity contribution in [1.82, 2.24) is 10.2 Å². The van der Waals surface area contributed by atoms with Crippen LogP contribution < -0.4 is 5.32 Å². The Morgan fingerprint density at radius 3 is 2.50 bits per heavy atom. The van der Waals surface area contributed by atoms with Crippen LogP contribution in [0.25, 0.3) is 0 Å². The van der Waals surface area contributed by atoms with Crippen molar-refractivity contribution in [1.29, 1.82) is 0 Å². The van der Waals surface area contributed by atoms with Crippen LogP contribution in [0.5, 0.6) is 0 Å². The number of rotatable bonds is 1. The number of carbonyl (C=O) groups excluding carboxylic acids is 2. The van der Waals surface area contributed by atoms with Crippen LogP contribution in [0.1, 0.15) is 52.4 Å². The lowest BCUT2D eigenvalue weighted by atomic mass is 9.77. The minimum absolute atomic E-state index is 0.0142. The van der Waals surface area contributed by atoms with Crippen molar-refractivity contribution in [3.8, 4) is 0 Å². The zero-order valence-electron chi connectivity index (χ0n) is 12.4. The molecule has 3 aliphatic rings. The van der Waals surface area contributed by atoms with Crippen LogP contribution in [-0.4, -0.2) is 47.0 Å². The van der Waals surface area contributed by atoms with Crippen molar-refractivity contribution in [3.05, 3.63) is 0 Å². The van der Waals surface area contributed by atoms with E-state index in [1.807, 2.05) is 18.7 Å². The molecule has 3 fully saturated rings. The normalized spacial score (nSPS) is 37.3. The lowest BCUT2D eigenvalue weighted by molar-refractivity contribution is -0.163. The number of hydrogen-bond donors (Lipinski definition) is 1. The average Bonchev–Trinajstić information content (AvgIpc) is 2.86. The highest BCUT2D eigenvalue weighted by molar-refractivity contribution is 6.00. The van der Waals surface area contributed by atoms with E-state index in [9.17, 15) is 9.59 Å². The van der Waals surface area contributed by atoms with Gasteiger partial charge in [-0.15, -0.1) is 0 Å². The van der Waals surface area contributed by atoms with Gasteiger partial charge in [-0.25, -0.2) is 0 Å². The van der Waals surface area contributed by atoms with Gasteiger partial charge in [-0.05, 0) is 33.1 Å². The summed E-state index contributed by atoms with van der Waals surface area (Å²) in [5, 5.41) is 3.03. The second kappa shape index (κ2) is 4.72. The molecule has 0 aromatic rings. The van der Waals surface area contributed by atoms with Gasteiger partial charge in [0, 0.05) is 6.61 Å². The fraction of sp³-hybridized carbons (Fsp3) is 0.867. The summed E-state index contributed by atoms with van der Waals surface area (Å²) in [6, 6.07) is -0.401. The molecule has 20 heavy (non-hydrogen) atoms. The van der Waals surface area contributed by atoms with E-state index in [-0.39, 0.29) is 17.4 Å². The number of piperazine rings is 1. The van der Waals surface area contributed by atoms with Crippen molar-refractivity contribution >= 4 is 11.8 Å². The monoisotopic (exact) mass is 280 g/mol. The summed E-state index contributed by atoms with van der Waals surface area (Å²) in [6.45, 7) is 5.07. The number of hydrogen-bond acceptors (Lipinski definition) is 3. The first-order valence-electron chi connectivity index (χ1n) is 7.72. The van der Waals surface area contributed by atoms with Gasteiger partial charge in [0.15, 0.2) is 0 Å². The molecule has 1 saturated carbocycles. The van der Waals surface area contributed by atoms with Gasteiger partial charge >= 0.3 is 0 Å². The van der Waals surface area contributed by atoms with E-state index >= 15 is 0 Å². The molecule has 2 amide bonds. The maximum Gasteiger partial charge on any atom is 0.249 e. The number of nitrogens with one attached hydrogen (secondary N) is 1. The molecule has 2 saturated heterocycles. The highest BCUT2D eigenvalue weighted by Crippen LogP contribution is 2.38. The Kier molecular flexibility index (Phi) is 3.27. The predicted octanol–water partition coefficient (Wildman–Crippen LogP) is 1.22. The quantitative estimate of drug-likeness (QED) is 0.785. The maximum absolute atomic E-state index is 13.1. The molecule has 0 aromatic heterocycles. The topological polar surface area (TPSA) is 58.6 Å². The Bertz CT molecular complexity index is 423. The molecule has 0 aromatic carbocycles. The summed E-state index contributed by atoms with van der Waals surface area (Å²) in [7, 11) is 0. The van der Waals surface area contributed by atoms with Crippen LogP contribution in [0.15, 0.2) is 0 Å². The van der Waals surface area contributed by atoms with Crippen molar-refractivity contribution in [3.63, 3.8) is 0 Å². The Balaban J connectivity index is 1.94. The van der Waals surface area contributed by atoms with E-state index in [0.29, 0.717) is 13.2 Å².